The van der Waals surface area contributed by atoms with Crippen LogP contribution >= 0.6 is 0 Å². The van der Waals surface area contributed by atoms with E-state index in [0.717, 1.165) is 11.1 Å². The Morgan fingerprint density at radius 2 is 1.68 bits per heavy atom. The summed E-state index contributed by atoms with van der Waals surface area (Å²) >= 11 is 0. The highest BCUT2D eigenvalue weighted by Gasteiger charge is 2.09. The first kappa shape index (κ1) is 18.3. The highest BCUT2D eigenvalue weighted by Crippen LogP contribution is 2.18. The second-order valence-electron chi connectivity index (χ2n) is 5.52. The first-order chi connectivity index (χ1) is 12.0. The number of amides is 2. The zero-order valence-electron chi connectivity index (χ0n) is 14.6. The van der Waals surface area contributed by atoms with E-state index in [4.69, 9.17) is 9.47 Å². The van der Waals surface area contributed by atoms with Crippen molar-refractivity contribution in [3.05, 3.63) is 59.2 Å². The number of ether oxygens (including phenoxy) is 2. The number of rotatable bonds is 6. The van der Waals surface area contributed by atoms with Gasteiger partial charge in [-0.1, -0.05) is 17.7 Å². The number of benzene rings is 2. The van der Waals surface area contributed by atoms with Crippen LogP contribution in [0.4, 0.5) is 0 Å². The monoisotopic (exact) mass is 342 g/mol. The van der Waals surface area contributed by atoms with E-state index in [9.17, 15) is 9.59 Å². The van der Waals surface area contributed by atoms with Crippen LogP contribution in [0.3, 0.4) is 0 Å². The molecule has 0 aliphatic carbocycles. The summed E-state index contributed by atoms with van der Waals surface area (Å²) in [6.07, 6.45) is 0. The molecule has 2 N–H and O–H groups in total. The van der Waals surface area contributed by atoms with Crippen LogP contribution in [0.5, 0.6) is 11.5 Å². The third kappa shape index (κ3) is 5.53. The van der Waals surface area contributed by atoms with Crippen LogP contribution in [-0.4, -0.2) is 25.0 Å². The van der Waals surface area contributed by atoms with Crippen LogP contribution in [0.25, 0.3) is 0 Å². The van der Waals surface area contributed by atoms with Crippen molar-refractivity contribution >= 4 is 11.8 Å². The van der Waals surface area contributed by atoms with Gasteiger partial charge < -0.3 is 9.47 Å². The smallest absolute Gasteiger partial charge is 0.276 e. The first-order valence-electron chi connectivity index (χ1n) is 8.01. The lowest BCUT2D eigenvalue weighted by molar-refractivity contribution is -0.123. The minimum Gasteiger partial charge on any atom is -0.494 e. The fraction of sp³-hybridized carbons (Fsp3) is 0.263. The van der Waals surface area contributed by atoms with E-state index in [-0.39, 0.29) is 6.61 Å². The minimum atomic E-state index is -0.445. The van der Waals surface area contributed by atoms with Gasteiger partial charge in [0.1, 0.15) is 11.5 Å². The Morgan fingerprint density at radius 1 is 0.960 bits per heavy atom. The van der Waals surface area contributed by atoms with Crippen LogP contribution in [0, 0.1) is 13.8 Å². The van der Waals surface area contributed by atoms with Crippen LogP contribution in [-0.2, 0) is 4.79 Å². The van der Waals surface area contributed by atoms with Gasteiger partial charge in [0.15, 0.2) is 6.61 Å². The van der Waals surface area contributed by atoms with Gasteiger partial charge >= 0.3 is 0 Å². The predicted octanol–water partition coefficient (Wildman–Crippen LogP) is 2.54. The molecule has 2 rings (SSSR count). The zero-order chi connectivity index (χ0) is 18.2. The average molecular weight is 342 g/mol. The molecule has 132 valence electrons. The molecule has 0 bridgehead atoms. The summed E-state index contributed by atoms with van der Waals surface area (Å²) in [5.41, 5.74) is 7.17. The average Bonchev–Trinajstić information content (AvgIpc) is 2.60. The number of aryl methyl sites for hydroxylation is 2. The number of nitrogens with one attached hydrogen (secondary N) is 2. The quantitative estimate of drug-likeness (QED) is 0.791. The topological polar surface area (TPSA) is 76.7 Å². The van der Waals surface area contributed by atoms with Crippen LogP contribution in [0.2, 0.25) is 0 Å². The zero-order valence-corrected chi connectivity index (χ0v) is 14.6. The van der Waals surface area contributed by atoms with Gasteiger partial charge in [-0.15, -0.1) is 0 Å². The fourth-order valence-corrected chi connectivity index (χ4v) is 2.21. The Hall–Kier alpha value is -3.02. The Balaban J connectivity index is 1.79. The maximum Gasteiger partial charge on any atom is 0.276 e. The molecule has 0 spiro atoms. The molecule has 2 amide bonds. The maximum atomic E-state index is 12.0. The van der Waals surface area contributed by atoms with E-state index in [1.54, 1.807) is 24.3 Å². The second-order valence-corrected chi connectivity index (χ2v) is 5.52. The van der Waals surface area contributed by atoms with Crippen molar-refractivity contribution < 1.29 is 19.1 Å². The number of carbonyl (C=O) groups is 2. The standard InChI is InChI=1S/C19H22N2O4/c1-4-24-16-8-6-15(7-9-16)19(23)21-20-18(22)12-25-17-10-5-13(2)11-14(17)3/h5-11H,4,12H2,1-3H3,(H,20,22)(H,21,23). The van der Waals surface area contributed by atoms with Crippen molar-refractivity contribution in [1.82, 2.24) is 10.9 Å². The van der Waals surface area contributed by atoms with Gasteiger partial charge in [-0.3, -0.25) is 20.4 Å². The van der Waals surface area contributed by atoms with Gasteiger partial charge in [-0.2, -0.15) is 0 Å². The van der Waals surface area contributed by atoms with Crippen molar-refractivity contribution in [2.45, 2.75) is 20.8 Å². The summed E-state index contributed by atoms with van der Waals surface area (Å²) in [5, 5.41) is 0. The highest BCUT2D eigenvalue weighted by molar-refractivity contribution is 5.95. The summed E-state index contributed by atoms with van der Waals surface area (Å²) in [5.74, 6) is 0.464. The van der Waals surface area contributed by atoms with Crippen molar-refractivity contribution in [2.75, 3.05) is 13.2 Å². The maximum absolute atomic E-state index is 12.0. The van der Waals surface area contributed by atoms with E-state index in [1.165, 1.54) is 0 Å². The number of hydrogen-bond acceptors (Lipinski definition) is 4. The van der Waals surface area contributed by atoms with Gasteiger partial charge in [0.05, 0.1) is 6.61 Å². The molecule has 0 aliphatic rings. The Morgan fingerprint density at radius 3 is 2.32 bits per heavy atom. The summed E-state index contributed by atoms with van der Waals surface area (Å²) < 4.78 is 10.8. The second kappa shape index (κ2) is 8.73. The van der Waals surface area contributed by atoms with Crippen molar-refractivity contribution in [3.8, 4) is 11.5 Å². The molecule has 0 aliphatic heterocycles. The van der Waals surface area contributed by atoms with Gasteiger partial charge in [-0.25, -0.2) is 0 Å². The van der Waals surface area contributed by atoms with Gasteiger partial charge in [0.25, 0.3) is 11.8 Å². The molecule has 0 aromatic heterocycles. The van der Waals surface area contributed by atoms with E-state index < -0.39 is 11.8 Å². The summed E-state index contributed by atoms with van der Waals surface area (Å²) in [6.45, 7) is 6.15. The lowest BCUT2D eigenvalue weighted by atomic mass is 10.1. The van der Waals surface area contributed by atoms with Crippen molar-refractivity contribution in [3.63, 3.8) is 0 Å². The van der Waals surface area contributed by atoms with E-state index in [1.807, 2.05) is 39.0 Å². The Labute approximate surface area is 147 Å². The number of hydrogen-bond donors (Lipinski definition) is 2. The number of hydrazine groups is 1. The molecule has 6 nitrogen and oxygen atoms in total. The van der Waals surface area contributed by atoms with Crippen LogP contribution < -0.4 is 20.3 Å². The SMILES string of the molecule is CCOc1ccc(C(=O)NNC(=O)COc2ccc(C)cc2C)cc1. The molecule has 0 fully saturated rings. The van der Waals surface area contributed by atoms with E-state index >= 15 is 0 Å². The Kier molecular flexibility index (Phi) is 6.39. The van der Waals surface area contributed by atoms with Gasteiger partial charge in [-0.05, 0) is 56.7 Å². The molecular formula is C19H22N2O4. The molecule has 0 atom stereocenters. The molecule has 0 saturated heterocycles. The normalized spacial score (nSPS) is 10.0. The summed E-state index contributed by atoms with van der Waals surface area (Å²) in [4.78, 5) is 23.8. The summed E-state index contributed by atoms with van der Waals surface area (Å²) in [6, 6.07) is 12.3. The fourth-order valence-electron chi connectivity index (χ4n) is 2.21. The highest BCUT2D eigenvalue weighted by atomic mass is 16.5. The molecule has 0 radical (unpaired) electrons. The van der Waals surface area contributed by atoms with E-state index in [0.29, 0.717) is 23.7 Å². The van der Waals surface area contributed by atoms with Gasteiger partial charge in [0, 0.05) is 5.56 Å². The van der Waals surface area contributed by atoms with Crippen LogP contribution in [0.1, 0.15) is 28.4 Å². The van der Waals surface area contributed by atoms with Crippen LogP contribution in [0.15, 0.2) is 42.5 Å². The first-order valence-corrected chi connectivity index (χ1v) is 8.01. The molecular weight excluding hydrogens is 320 g/mol. The lowest BCUT2D eigenvalue weighted by Gasteiger charge is -2.11. The minimum absolute atomic E-state index is 0.187. The lowest BCUT2D eigenvalue weighted by Crippen LogP contribution is -2.43. The number of carbonyl (C=O) groups excluding carboxylic acids is 2. The molecule has 0 saturated carbocycles. The third-order valence-corrected chi connectivity index (χ3v) is 3.43. The predicted molar refractivity (Wildman–Crippen MR) is 94.6 cm³/mol. The molecule has 2 aromatic rings. The van der Waals surface area contributed by atoms with E-state index in [2.05, 4.69) is 10.9 Å². The van der Waals surface area contributed by atoms with Gasteiger partial charge in [0.2, 0.25) is 0 Å². The largest absolute Gasteiger partial charge is 0.494 e. The summed E-state index contributed by atoms with van der Waals surface area (Å²) in [7, 11) is 0. The van der Waals surface area contributed by atoms with Crippen molar-refractivity contribution in [2.24, 2.45) is 0 Å². The molecule has 2 aromatic carbocycles. The molecule has 6 heteroatoms. The third-order valence-electron chi connectivity index (χ3n) is 3.43. The Bertz CT molecular complexity index is 742. The molecule has 0 heterocycles. The van der Waals surface area contributed by atoms with Crippen molar-refractivity contribution in [1.29, 1.82) is 0 Å². The molecule has 25 heavy (non-hydrogen) atoms. The molecule has 0 unspecified atom stereocenters.